The first-order chi connectivity index (χ1) is 7.74. The third-order valence-corrected chi connectivity index (χ3v) is 1.73. The highest BCUT2D eigenvalue weighted by molar-refractivity contribution is 5.56. The molecular weight excluding hydrogens is 249 g/mol. The number of halogens is 5. The monoisotopic (exact) mass is 257 g/mol. The molecule has 17 heavy (non-hydrogen) atoms. The van der Waals surface area contributed by atoms with Crippen molar-refractivity contribution >= 4 is 5.69 Å². The molecule has 4 nitrogen and oxygen atoms in total. The molecule has 1 heterocycles. The summed E-state index contributed by atoms with van der Waals surface area (Å²) in [4.78, 5) is 3.26. The Bertz CT molecular complexity index is 407. The van der Waals surface area contributed by atoms with Crippen molar-refractivity contribution in [2.24, 2.45) is 5.73 Å². The van der Waals surface area contributed by atoms with Gasteiger partial charge in [0.1, 0.15) is 5.69 Å². The first-order valence-electron chi connectivity index (χ1n) is 4.28. The molecule has 0 amide bonds. The van der Waals surface area contributed by atoms with Gasteiger partial charge in [-0.05, 0) is 6.07 Å². The van der Waals surface area contributed by atoms with E-state index in [1.165, 1.54) is 0 Å². The minimum atomic E-state index is -4.99. The summed E-state index contributed by atoms with van der Waals surface area (Å²) in [6.07, 6.45) is -7.95. The Kier molecular flexibility index (Phi) is 3.71. The molecule has 0 aliphatic heterocycles. The molecule has 4 N–H and O–H groups in total. The summed E-state index contributed by atoms with van der Waals surface area (Å²) < 4.78 is 64.2. The van der Waals surface area contributed by atoms with E-state index in [-0.39, 0.29) is 0 Å². The Hall–Kier alpha value is -1.64. The minimum Gasteiger partial charge on any atom is -0.402 e. The Morgan fingerprint density at radius 2 is 1.94 bits per heavy atom. The number of anilines is 1. The normalized spacial score (nSPS) is 11.9. The van der Waals surface area contributed by atoms with Crippen LogP contribution in [0.2, 0.25) is 0 Å². The zero-order valence-electron chi connectivity index (χ0n) is 8.26. The molecule has 1 aromatic rings. The van der Waals surface area contributed by atoms with E-state index < -0.39 is 42.2 Å². The number of nitrogens with zero attached hydrogens (tertiary/aromatic N) is 1. The standard InChI is InChI=1S/C8H8F5N3O/c9-7(10)4-1-3(15)6(5(2-14)16-4)17-8(11,12)13/h1,7H,2,14H2,(H2,15,16). The van der Waals surface area contributed by atoms with Crippen LogP contribution >= 0.6 is 0 Å². The summed E-state index contributed by atoms with van der Waals surface area (Å²) in [5, 5.41) is 0. The maximum absolute atomic E-state index is 12.3. The van der Waals surface area contributed by atoms with Crippen LogP contribution in [0.4, 0.5) is 27.6 Å². The molecule has 96 valence electrons. The summed E-state index contributed by atoms with van der Waals surface area (Å²) in [5.41, 5.74) is 8.47. The van der Waals surface area contributed by atoms with Crippen molar-refractivity contribution in [3.8, 4) is 5.75 Å². The number of hydrogen-bond acceptors (Lipinski definition) is 4. The van der Waals surface area contributed by atoms with E-state index in [0.29, 0.717) is 6.07 Å². The van der Waals surface area contributed by atoms with Gasteiger partial charge in [-0.25, -0.2) is 13.8 Å². The summed E-state index contributed by atoms with van der Waals surface area (Å²) in [6, 6.07) is 0.616. The van der Waals surface area contributed by atoms with Crippen LogP contribution in [0.1, 0.15) is 17.8 Å². The molecule has 0 bridgehead atoms. The molecule has 0 saturated carbocycles. The fraction of sp³-hybridized carbons (Fsp3) is 0.375. The first kappa shape index (κ1) is 13.4. The molecule has 0 spiro atoms. The van der Waals surface area contributed by atoms with Crippen molar-refractivity contribution in [3.63, 3.8) is 0 Å². The number of pyridine rings is 1. The highest BCUT2D eigenvalue weighted by Crippen LogP contribution is 2.33. The van der Waals surface area contributed by atoms with Crippen molar-refractivity contribution in [3.05, 3.63) is 17.5 Å². The largest absolute Gasteiger partial charge is 0.573 e. The van der Waals surface area contributed by atoms with Crippen LogP contribution in [0.25, 0.3) is 0 Å². The van der Waals surface area contributed by atoms with Crippen molar-refractivity contribution < 1.29 is 26.7 Å². The van der Waals surface area contributed by atoms with Crippen molar-refractivity contribution in [2.75, 3.05) is 5.73 Å². The van der Waals surface area contributed by atoms with Gasteiger partial charge in [0.15, 0.2) is 5.75 Å². The van der Waals surface area contributed by atoms with E-state index in [2.05, 4.69) is 9.72 Å². The SMILES string of the molecule is NCc1nc(C(F)F)cc(N)c1OC(F)(F)F. The van der Waals surface area contributed by atoms with E-state index in [4.69, 9.17) is 11.5 Å². The average molecular weight is 257 g/mol. The van der Waals surface area contributed by atoms with Crippen molar-refractivity contribution in [1.29, 1.82) is 0 Å². The number of aromatic nitrogens is 1. The molecule has 9 heteroatoms. The van der Waals surface area contributed by atoms with Crippen molar-refractivity contribution in [2.45, 2.75) is 19.3 Å². The lowest BCUT2D eigenvalue weighted by molar-refractivity contribution is -0.274. The molecule has 0 fully saturated rings. The number of nitrogens with two attached hydrogens (primary N) is 2. The van der Waals surface area contributed by atoms with Crippen molar-refractivity contribution in [1.82, 2.24) is 4.98 Å². The molecule has 0 aliphatic rings. The molecule has 1 aromatic heterocycles. The summed E-state index contributed by atoms with van der Waals surface area (Å²) in [7, 11) is 0. The van der Waals surface area contributed by atoms with Crippen LogP contribution < -0.4 is 16.2 Å². The lowest BCUT2D eigenvalue weighted by Crippen LogP contribution is -2.20. The van der Waals surface area contributed by atoms with Gasteiger partial charge in [-0.1, -0.05) is 0 Å². The van der Waals surface area contributed by atoms with E-state index in [0.717, 1.165) is 0 Å². The molecule has 0 unspecified atom stereocenters. The molecule has 1 rings (SSSR count). The fourth-order valence-electron chi connectivity index (χ4n) is 1.11. The molecule has 0 radical (unpaired) electrons. The summed E-state index contributed by atoms with van der Waals surface area (Å²) >= 11 is 0. The van der Waals surface area contributed by atoms with Gasteiger partial charge in [-0.15, -0.1) is 13.2 Å². The van der Waals surface area contributed by atoms with Crippen LogP contribution in [0.3, 0.4) is 0 Å². The predicted octanol–water partition coefficient (Wildman–Crippen LogP) is 1.96. The maximum Gasteiger partial charge on any atom is 0.573 e. The van der Waals surface area contributed by atoms with Crippen LogP contribution in [-0.4, -0.2) is 11.3 Å². The Balaban J connectivity index is 3.21. The van der Waals surface area contributed by atoms with Gasteiger partial charge in [0.25, 0.3) is 6.43 Å². The quantitative estimate of drug-likeness (QED) is 0.812. The van der Waals surface area contributed by atoms with Crippen LogP contribution in [0.15, 0.2) is 6.07 Å². The van der Waals surface area contributed by atoms with Gasteiger partial charge >= 0.3 is 6.36 Å². The van der Waals surface area contributed by atoms with Gasteiger partial charge in [0, 0.05) is 6.54 Å². The maximum atomic E-state index is 12.3. The van der Waals surface area contributed by atoms with Gasteiger partial charge in [0.05, 0.1) is 11.4 Å². The third-order valence-electron chi connectivity index (χ3n) is 1.73. The summed E-state index contributed by atoms with van der Waals surface area (Å²) in [6.45, 7) is -0.504. The Labute approximate surface area is 92.4 Å². The van der Waals surface area contributed by atoms with Crippen LogP contribution in [0.5, 0.6) is 5.75 Å². The van der Waals surface area contributed by atoms with E-state index >= 15 is 0 Å². The Morgan fingerprint density at radius 1 is 1.35 bits per heavy atom. The third kappa shape index (κ3) is 3.41. The second-order valence-electron chi connectivity index (χ2n) is 2.96. The van der Waals surface area contributed by atoms with E-state index in [1.807, 2.05) is 0 Å². The summed E-state index contributed by atoms with van der Waals surface area (Å²) in [5.74, 6) is -0.843. The number of alkyl halides is 5. The zero-order chi connectivity index (χ0) is 13.2. The number of ether oxygens (including phenoxy) is 1. The number of hydrogen-bond donors (Lipinski definition) is 2. The second-order valence-corrected chi connectivity index (χ2v) is 2.96. The smallest absolute Gasteiger partial charge is 0.402 e. The lowest BCUT2D eigenvalue weighted by atomic mass is 10.2. The fourth-order valence-corrected chi connectivity index (χ4v) is 1.11. The topological polar surface area (TPSA) is 74.2 Å². The molecular formula is C8H8F5N3O. The molecule has 0 aromatic carbocycles. The van der Waals surface area contributed by atoms with Gasteiger partial charge in [0.2, 0.25) is 0 Å². The highest BCUT2D eigenvalue weighted by Gasteiger charge is 2.33. The zero-order valence-corrected chi connectivity index (χ0v) is 8.26. The van der Waals surface area contributed by atoms with E-state index in [1.54, 1.807) is 0 Å². The van der Waals surface area contributed by atoms with Crippen LogP contribution in [-0.2, 0) is 6.54 Å². The average Bonchev–Trinajstić information content (AvgIpc) is 2.18. The van der Waals surface area contributed by atoms with Crippen LogP contribution in [0, 0.1) is 0 Å². The Morgan fingerprint density at radius 3 is 2.35 bits per heavy atom. The lowest BCUT2D eigenvalue weighted by Gasteiger charge is -2.15. The number of nitrogen functional groups attached to an aromatic ring is 1. The molecule has 0 aliphatic carbocycles. The molecule has 0 atom stereocenters. The first-order valence-corrected chi connectivity index (χ1v) is 4.28. The van der Waals surface area contributed by atoms with Gasteiger partial charge < -0.3 is 16.2 Å². The second kappa shape index (κ2) is 4.70. The minimum absolute atomic E-state index is 0.474. The van der Waals surface area contributed by atoms with Gasteiger partial charge in [-0.3, -0.25) is 0 Å². The highest BCUT2D eigenvalue weighted by atomic mass is 19.4. The molecule has 0 saturated heterocycles. The predicted molar refractivity (Wildman–Crippen MR) is 48.2 cm³/mol. The van der Waals surface area contributed by atoms with Gasteiger partial charge in [-0.2, -0.15) is 0 Å². The number of rotatable bonds is 3. The van der Waals surface area contributed by atoms with E-state index in [9.17, 15) is 22.0 Å².